The van der Waals surface area contributed by atoms with Gasteiger partial charge in [0.1, 0.15) is 0 Å². The third-order valence-electron chi connectivity index (χ3n) is 2.67. The summed E-state index contributed by atoms with van der Waals surface area (Å²) in [6.45, 7) is 11.6. The molecule has 1 atom stereocenters. The van der Waals surface area contributed by atoms with Crippen molar-refractivity contribution in [3.8, 4) is 0 Å². The zero-order chi connectivity index (χ0) is 12.3. The van der Waals surface area contributed by atoms with Crippen molar-refractivity contribution >= 4 is 11.6 Å². The third kappa shape index (κ3) is 3.49. The Balaban J connectivity index is 2.72. The summed E-state index contributed by atoms with van der Waals surface area (Å²) in [5.41, 5.74) is 1.18. The average molecular weight is 244 g/mol. The molecule has 1 rings (SSSR count). The molecule has 1 unspecified atom stereocenters. The monoisotopic (exact) mass is 243 g/mol. The molecular formula is C12H22ClN3. The van der Waals surface area contributed by atoms with Crippen LogP contribution < -0.4 is 5.32 Å². The predicted molar refractivity (Wildman–Crippen MR) is 69.1 cm³/mol. The highest BCUT2D eigenvalue weighted by Gasteiger charge is 2.17. The Hall–Kier alpha value is -0.540. The normalized spacial score (nSPS) is 14.1. The van der Waals surface area contributed by atoms with Crippen LogP contribution >= 0.6 is 11.6 Å². The molecular weight excluding hydrogens is 222 g/mol. The minimum absolute atomic E-state index is 0.137. The second-order valence-electron chi connectivity index (χ2n) is 5.22. The second-order valence-corrected chi connectivity index (χ2v) is 5.62. The molecule has 0 saturated carbocycles. The van der Waals surface area contributed by atoms with E-state index in [2.05, 4.69) is 38.1 Å². The van der Waals surface area contributed by atoms with Crippen LogP contribution in [0.15, 0.2) is 6.20 Å². The molecule has 0 aromatic carbocycles. The van der Waals surface area contributed by atoms with E-state index in [-0.39, 0.29) is 5.54 Å². The van der Waals surface area contributed by atoms with E-state index in [1.165, 1.54) is 0 Å². The highest BCUT2D eigenvalue weighted by atomic mass is 35.5. The molecule has 0 amide bonds. The minimum Gasteiger partial charge on any atom is -0.310 e. The standard InChI is InChI=1S/C12H22ClN3/c1-6-10(7-14-12(3,4)5)16-9(2)11(13)8-15-16/h8,10,14H,6-7H2,1-5H3. The number of aromatic nitrogens is 2. The van der Waals surface area contributed by atoms with Crippen LogP contribution in [0.2, 0.25) is 5.02 Å². The van der Waals surface area contributed by atoms with Crippen molar-refractivity contribution in [2.24, 2.45) is 0 Å². The number of hydrogen-bond donors (Lipinski definition) is 1. The van der Waals surface area contributed by atoms with Gasteiger partial charge in [0, 0.05) is 12.1 Å². The zero-order valence-electron chi connectivity index (χ0n) is 10.8. The Morgan fingerprint density at radius 2 is 2.12 bits per heavy atom. The molecule has 92 valence electrons. The molecule has 4 heteroatoms. The summed E-state index contributed by atoms with van der Waals surface area (Å²) in [5.74, 6) is 0. The molecule has 16 heavy (non-hydrogen) atoms. The summed E-state index contributed by atoms with van der Waals surface area (Å²) in [5, 5.41) is 8.58. The minimum atomic E-state index is 0.137. The molecule has 0 radical (unpaired) electrons. The van der Waals surface area contributed by atoms with Gasteiger partial charge in [0.25, 0.3) is 0 Å². The van der Waals surface area contributed by atoms with Crippen molar-refractivity contribution in [3.05, 3.63) is 16.9 Å². The number of nitrogens with zero attached hydrogens (tertiary/aromatic N) is 2. The van der Waals surface area contributed by atoms with Gasteiger partial charge in [-0.1, -0.05) is 18.5 Å². The summed E-state index contributed by atoms with van der Waals surface area (Å²) in [7, 11) is 0. The number of halogens is 1. The first-order valence-corrected chi connectivity index (χ1v) is 6.17. The van der Waals surface area contributed by atoms with Crippen LogP contribution in [0.3, 0.4) is 0 Å². The fraction of sp³-hybridized carbons (Fsp3) is 0.750. The molecule has 3 nitrogen and oxygen atoms in total. The molecule has 1 N–H and O–H groups in total. The van der Waals surface area contributed by atoms with Crippen LogP contribution in [-0.2, 0) is 0 Å². The molecule has 1 heterocycles. The van der Waals surface area contributed by atoms with Gasteiger partial charge in [-0.3, -0.25) is 4.68 Å². The fourth-order valence-electron chi connectivity index (χ4n) is 1.60. The largest absolute Gasteiger partial charge is 0.310 e. The maximum absolute atomic E-state index is 6.02. The van der Waals surface area contributed by atoms with Gasteiger partial charge in [0.05, 0.1) is 23.0 Å². The van der Waals surface area contributed by atoms with Crippen LogP contribution in [0, 0.1) is 6.92 Å². The lowest BCUT2D eigenvalue weighted by Gasteiger charge is -2.25. The number of rotatable bonds is 4. The van der Waals surface area contributed by atoms with E-state index in [9.17, 15) is 0 Å². The Bertz CT molecular complexity index is 339. The lowest BCUT2D eigenvalue weighted by Crippen LogP contribution is -2.40. The van der Waals surface area contributed by atoms with Gasteiger partial charge in [0.2, 0.25) is 0 Å². The topological polar surface area (TPSA) is 29.9 Å². The fourth-order valence-corrected chi connectivity index (χ4v) is 1.73. The summed E-state index contributed by atoms with van der Waals surface area (Å²) >= 11 is 6.02. The Kier molecular flexibility index (Phi) is 4.39. The summed E-state index contributed by atoms with van der Waals surface area (Å²) in [4.78, 5) is 0. The SMILES string of the molecule is CCC(CNC(C)(C)C)n1ncc(Cl)c1C. The van der Waals surface area contributed by atoms with Crippen LogP contribution in [0.4, 0.5) is 0 Å². The van der Waals surface area contributed by atoms with Crippen LogP contribution in [-0.4, -0.2) is 21.9 Å². The molecule has 0 aliphatic rings. The van der Waals surface area contributed by atoms with Gasteiger partial charge < -0.3 is 5.32 Å². The van der Waals surface area contributed by atoms with E-state index in [0.29, 0.717) is 6.04 Å². The van der Waals surface area contributed by atoms with Gasteiger partial charge in [-0.2, -0.15) is 5.10 Å². The van der Waals surface area contributed by atoms with E-state index in [0.717, 1.165) is 23.7 Å². The van der Waals surface area contributed by atoms with Gasteiger partial charge in [0.15, 0.2) is 0 Å². The van der Waals surface area contributed by atoms with Crippen molar-refractivity contribution in [2.75, 3.05) is 6.54 Å². The lowest BCUT2D eigenvalue weighted by molar-refractivity contribution is 0.341. The van der Waals surface area contributed by atoms with Crippen molar-refractivity contribution in [1.82, 2.24) is 15.1 Å². The van der Waals surface area contributed by atoms with Crippen LogP contribution in [0.1, 0.15) is 45.9 Å². The lowest BCUT2D eigenvalue weighted by atomic mass is 10.1. The van der Waals surface area contributed by atoms with E-state index in [1.807, 2.05) is 11.6 Å². The molecule has 1 aromatic heterocycles. The first-order valence-electron chi connectivity index (χ1n) is 5.79. The van der Waals surface area contributed by atoms with E-state index < -0.39 is 0 Å². The number of nitrogens with one attached hydrogen (secondary N) is 1. The maximum atomic E-state index is 6.02. The Morgan fingerprint density at radius 1 is 1.50 bits per heavy atom. The van der Waals surface area contributed by atoms with Gasteiger partial charge in [-0.15, -0.1) is 0 Å². The van der Waals surface area contributed by atoms with Gasteiger partial charge in [-0.25, -0.2) is 0 Å². The van der Waals surface area contributed by atoms with Crippen molar-refractivity contribution < 1.29 is 0 Å². The quantitative estimate of drug-likeness (QED) is 0.880. The molecule has 0 aliphatic carbocycles. The van der Waals surface area contributed by atoms with Crippen LogP contribution in [0.5, 0.6) is 0 Å². The molecule has 0 aliphatic heterocycles. The zero-order valence-corrected chi connectivity index (χ0v) is 11.6. The Morgan fingerprint density at radius 3 is 2.50 bits per heavy atom. The molecule has 0 spiro atoms. The van der Waals surface area contributed by atoms with Crippen molar-refractivity contribution in [2.45, 2.75) is 52.6 Å². The Labute approximate surface area is 103 Å². The van der Waals surface area contributed by atoms with Gasteiger partial charge >= 0.3 is 0 Å². The molecule has 0 saturated heterocycles. The van der Waals surface area contributed by atoms with Crippen molar-refractivity contribution in [1.29, 1.82) is 0 Å². The summed E-state index contributed by atoms with van der Waals surface area (Å²) in [6.07, 6.45) is 2.76. The van der Waals surface area contributed by atoms with E-state index in [4.69, 9.17) is 11.6 Å². The first-order chi connectivity index (χ1) is 7.35. The summed E-state index contributed by atoms with van der Waals surface area (Å²) in [6, 6.07) is 0.367. The first kappa shape index (κ1) is 13.5. The predicted octanol–water partition coefficient (Wildman–Crippen LogP) is 3.18. The highest BCUT2D eigenvalue weighted by molar-refractivity contribution is 6.31. The van der Waals surface area contributed by atoms with Crippen LogP contribution in [0.25, 0.3) is 0 Å². The van der Waals surface area contributed by atoms with E-state index >= 15 is 0 Å². The average Bonchev–Trinajstić information content (AvgIpc) is 2.49. The highest BCUT2D eigenvalue weighted by Crippen LogP contribution is 2.19. The smallest absolute Gasteiger partial charge is 0.0815 e. The molecule has 0 fully saturated rings. The second kappa shape index (κ2) is 5.19. The molecule has 1 aromatic rings. The molecule has 0 bridgehead atoms. The third-order valence-corrected chi connectivity index (χ3v) is 3.04. The van der Waals surface area contributed by atoms with Crippen molar-refractivity contribution in [3.63, 3.8) is 0 Å². The number of hydrogen-bond acceptors (Lipinski definition) is 2. The summed E-state index contributed by atoms with van der Waals surface area (Å²) < 4.78 is 2.01. The van der Waals surface area contributed by atoms with Gasteiger partial charge in [-0.05, 0) is 34.1 Å². The maximum Gasteiger partial charge on any atom is 0.0815 e. The van der Waals surface area contributed by atoms with E-state index in [1.54, 1.807) is 6.20 Å².